The van der Waals surface area contributed by atoms with Crippen molar-refractivity contribution in [3.8, 4) is 0 Å². The van der Waals surface area contributed by atoms with Crippen LogP contribution in [0.3, 0.4) is 0 Å². The summed E-state index contributed by atoms with van der Waals surface area (Å²) in [6.07, 6.45) is 1.66. The van der Waals surface area contributed by atoms with Crippen molar-refractivity contribution < 1.29 is 14.4 Å². The van der Waals surface area contributed by atoms with Gasteiger partial charge in [0.25, 0.3) is 6.09 Å². The number of anilines is 1. The molecule has 1 atom stereocenters. The second kappa shape index (κ2) is 5.09. The molecule has 1 aliphatic rings. The lowest BCUT2D eigenvalue weighted by Crippen LogP contribution is -2.68. The van der Waals surface area contributed by atoms with Crippen molar-refractivity contribution in [2.24, 2.45) is 0 Å². The van der Waals surface area contributed by atoms with Crippen LogP contribution in [0.1, 0.15) is 27.2 Å². The van der Waals surface area contributed by atoms with Gasteiger partial charge in [0.1, 0.15) is 6.54 Å². The first kappa shape index (κ1) is 14.3. The van der Waals surface area contributed by atoms with Crippen LogP contribution in [0.25, 0.3) is 0 Å². The third-order valence-electron chi connectivity index (χ3n) is 4.04. The maximum absolute atomic E-state index is 11.7. The van der Waals surface area contributed by atoms with E-state index < -0.39 is 6.09 Å². The summed E-state index contributed by atoms with van der Waals surface area (Å²) in [7, 11) is 0. The standard InChI is InChI=1S/C13H21N3O2S/c1-13(2,3)16(12(17)18)8-4-6-15(7-9-16)11-14-5-10-19-11/h5,10H,4,6-9H2,1-3H3. The van der Waals surface area contributed by atoms with E-state index >= 15 is 0 Å². The smallest absolute Gasteiger partial charge is 0.257 e. The molecule has 6 heteroatoms. The van der Waals surface area contributed by atoms with Crippen LogP contribution < -0.4 is 10.0 Å². The normalized spacial score (nSPS) is 25.1. The minimum absolute atomic E-state index is 0.0227. The van der Waals surface area contributed by atoms with E-state index in [0.717, 1.165) is 18.1 Å². The summed E-state index contributed by atoms with van der Waals surface area (Å²) in [5.41, 5.74) is -0.349. The van der Waals surface area contributed by atoms with Crippen LogP contribution >= 0.6 is 11.3 Å². The van der Waals surface area contributed by atoms with Gasteiger partial charge in [0.2, 0.25) is 0 Å². The van der Waals surface area contributed by atoms with Gasteiger partial charge in [0.05, 0.1) is 18.6 Å². The summed E-state index contributed by atoms with van der Waals surface area (Å²) in [6.45, 7) is 8.67. The predicted molar refractivity (Wildman–Crippen MR) is 74.1 cm³/mol. The van der Waals surface area contributed by atoms with Gasteiger partial charge in [-0.25, -0.2) is 4.98 Å². The second-order valence-electron chi connectivity index (χ2n) is 6.01. The first-order valence-electron chi connectivity index (χ1n) is 6.60. The Kier molecular flexibility index (Phi) is 3.82. The van der Waals surface area contributed by atoms with Crippen molar-refractivity contribution in [1.82, 2.24) is 4.98 Å². The number of carbonyl (C=O) groups is 1. The Morgan fingerprint density at radius 3 is 2.68 bits per heavy atom. The molecule has 0 aromatic carbocycles. The lowest BCUT2D eigenvalue weighted by molar-refractivity contribution is -0.917. The van der Waals surface area contributed by atoms with E-state index in [9.17, 15) is 9.90 Å². The fourth-order valence-electron chi connectivity index (χ4n) is 2.74. The molecule has 0 spiro atoms. The van der Waals surface area contributed by atoms with E-state index in [1.807, 2.05) is 26.2 Å². The summed E-state index contributed by atoms with van der Waals surface area (Å²) in [4.78, 5) is 18.2. The fraction of sp³-hybridized carbons (Fsp3) is 0.692. The molecule has 19 heavy (non-hydrogen) atoms. The molecule has 2 heterocycles. The molecular formula is C13H21N3O2S. The Balaban J connectivity index is 2.21. The molecule has 0 bridgehead atoms. The molecule has 0 aliphatic carbocycles. The number of nitrogens with zero attached hydrogens (tertiary/aromatic N) is 3. The molecule has 0 N–H and O–H groups in total. The van der Waals surface area contributed by atoms with Crippen molar-refractivity contribution in [2.75, 3.05) is 31.1 Å². The maximum Gasteiger partial charge on any atom is 0.257 e. The molecule has 106 valence electrons. The van der Waals surface area contributed by atoms with Gasteiger partial charge in [-0.3, -0.25) is 4.48 Å². The number of hydrogen-bond donors (Lipinski definition) is 0. The predicted octanol–water partition coefficient (Wildman–Crippen LogP) is 1.31. The van der Waals surface area contributed by atoms with E-state index in [4.69, 9.17) is 0 Å². The van der Waals surface area contributed by atoms with Gasteiger partial charge < -0.3 is 14.8 Å². The first-order chi connectivity index (χ1) is 8.87. The van der Waals surface area contributed by atoms with Crippen LogP contribution in [0.4, 0.5) is 9.93 Å². The van der Waals surface area contributed by atoms with Crippen LogP contribution in [-0.2, 0) is 0 Å². The van der Waals surface area contributed by atoms with E-state index in [-0.39, 0.29) is 10.0 Å². The third kappa shape index (κ3) is 2.60. The highest BCUT2D eigenvalue weighted by atomic mass is 32.1. The second-order valence-corrected chi connectivity index (χ2v) is 6.88. The number of thiazole rings is 1. The molecule has 1 aromatic heterocycles. The van der Waals surface area contributed by atoms with Gasteiger partial charge in [0.15, 0.2) is 5.13 Å². The van der Waals surface area contributed by atoms with Gasteiger partial charge in [-0.1, -0.05) is 0 Å². The van der Waals surface area contributed by atoms with Gasteiger partial charge >= 0.3 is 0 Å². The SMILES string of the molecule is CC(C)(C)[N+]1(C(=O)[O-])CCCN(c2nccs2)CC1. The van der Waals surface area contributed by atoms with E-state index in [1.165, 1.54) is 0 Å². The molecule has 1 unspecified atom stereocenters. The van der Waals surface area contributed by atoms with Crippen LogP contribution in [0.15, 0.2) is 11.6 Å². The minimum Gasteiger partial charge on any atom is -0.498 e. The number of rotatable bonds is 1. The number of carboxylic acid groups (broad SMARTS) is 1. The first-order valence-corrected chi connectivity index (χ1v) is 7.48. The molecule has 0 saturated carbocycles. The van der Waals surface area contributed by atoms with Crippen molar-refractivity contribution in [1.29, 1.82) is 0 Å². The highest BCUT2D eigenvalue weighted by molar-refractivity contribution is 7.13. The molecule has 2 rings (SSSR count). The number of aromatic nitrogens is 1. The maximum atomic E-state index is 11.7. The third-order valence-corrected chi connectivity index (χ3v) is 4.88. The van der Waals surface area contributed by atoms with E-state index in [1.54, 1.807) is 17.5 Å². The topological polar surface area (TPSA) is 56.3 Å². The van der Waals surface area contributed by atoms with Crippen molar-refractivity contribution in [2.45, 2.75) is 32.7 Å². The lowest BCUT2D eigenvalue weighted by atomic mass is 10.0. The summed E-state index contributed by atoms with van der Waals surface area (Å²) in [5.74, 6) is 0. The monoisotopic (exact) mass is 283 g/mol. The van der Waals surface area contributed by atoms with Crippen molar-refractivity contribution in [3.05, 3.63) is 11.6 Å². The van der Waals surface area contributed by atoms with Crippen LogP contribution in [-0.4, -0.2) is 47.3 Å². The van der Waals surface area contributed by atoms with Gasteiger partial charge in [-0.15, -0.1) is 11.3 Å². The van der Waals surface area contributed by atoms with Crippen LogP contribution in [0.2, 0.25) is 0 Å². The van der Waals surface area contributed by atoms with Gasteiger partial charge in [-0.2, -0.15) is 0 Å². The number of quaternary nitrogens is 1. The molecule has 1 fully saturated rings. The molecule has 1 amide bonds. The Morgan fingerprint density at radius 1 is 1.42 bits per heavy atom. The molecule has 1 aromatic rings. The average molecular weight is 283 g/mol. The average Bonchev–Trinajstić information content (AvgIpc) is 2.72. The Labute approximate surface area is 118 Å². The Hall–Kier alpha value is -1.14. The Bertz CT molecular complexity index is 441. The fourth-order valence-corrected chi connectivity index (χ4v) is 3.43. The molecular weight excluding hydrogens is 262 g/mol. The largest absolute Gasteiger partial charge is 0.498 e. The Morgan fingerprint density at radius 2 is 2.16 bits per heavy atom. The highest BCUT2D eigenvalue weighted by Gasteiger charge is 2.43. The quantitative estimate of drug-likeness (QED) is 0.729. The molecule has 0 radical (unpaired) electrons. The molecule has 5 nitrogen and oxygen atoms in total. The van der Waals surface area contributed by atoms with Gasteiger partial charge in [0, 0.05) is 24.5 Å². The lowest BCUT2D eigenvalue weighted by Gasteiger charge is -2.47. The molecule has 1 saturated heterocycles. The van der Waals surface area contributed by atoms with Crippen LogP contribution in [0.5, 0.6) is 0 Å². The van der Waals surface area contributed by atoms with Crippen molar-refractivity contribution >= 4 is 22.6 Å². The van der Waals surface area contributed by atoms with E-state index in [0.29, 0.717) is 19.6 Å². The highest BCUT2D eigenvalue weighted by Crippen LogP contribution is 2.28. The number of hydrogen-bond acceptors (Lipinski definition) is 5. The molecule has 1 aliphatic heterocycles. The summed E-state index contributed by atoms with van der Waals surface area (Å²) >= 11 is 1.60. The number of carbonyl (C=O) groups excluding carboxylic acids is 1. The van der Waals surface area contributed by atoms with Crippen molar-refractivity contribution in [3.63, 3.8) is 0 Å². The van der Waals surface area contributed by atoms with E-state index in [2.05, 4.69) is 9.88 Å². The summed E-state index contributed by atoms with van der Waals surface area (Å²) in [5, 5.41) is 14.6. The zero-order valence-corrected chi connectivity index (χ0v) is 12.6. The zero-order chi connectivity index (χ0) is 14.1. The summed E-state index contributed by atoms with van der Waals surface area (Å²) < 4.78 is 0.0227. The zero-order valence-electron chi connectivity index (χ0n) is 11.8. The van der Waals surface area contributed by atoms with Gasteiger partial charge in [-0.05, 0) is 20.8 Å². The minimum atomic E-state index is -0.964. The summed E-state index contributed by atoms with van der Waals surface area (Å²) in [6, 6.07) is 0. The van der Waals surface area contributed by atoms with Crippen LogP contribution in [0, 0.1) is 0 Å². The number of amides is 1.